The number of rotatable bonds is 6. The van der Waals surface area contributed by atoms with Gasteiger partial charge in [-0.25, -0.2) is 0 Å². The van der Waals surface area contributed by atoms with Gasteiger partial charge in [0.1, 0.15) is 0 Å². The van der Waals surface area contributed by atoms with Crippen molar-refractivity contribution in [3.63, 3.8) is 0 Å². The van der Waals surface area contributed by atoms with E-state index in [-0.39, 0.29) is 23.9 Å². The lowest BCUT2D eigenvalue weighted by molar-refractivity contribution is -0.129. The minimum absolute atomic E-state index is 0.0126. The van der Waals surface area contributed by atoms with Crippen LogP contribution in [0.15, 0.2) is 0 Å². The predicted octanol–water partition coefficient (Wildman–Crippen LogP) is 1.68. The van der Waals surface area contributed by atoms with Crippen molar-refractivity contribution < 1.29 is 9.53 Å². The normalized spacial score (nSPS) is 29.9. The summed E-state index contributed by atoms with van der Waals surface area (Å²) in [7, 11) is 1.67. The Morgan fingerprint density at radius 2 is 2.22 bits per heavy atom. The van der Waals surface area contributed by atoms with Gasteiger partial charge in [0, 0.05) is 13.2 Å². The fraction of sp³-hybridized carbons (Fsp3) is 0.929. The van der Waals surface area contributed by atoms with E-state index in [1.165, 1.54) is 0 Å². The molecule has 1 aliphatic carbocycles. The first-order valence-corrected chi connectivity index (χ1v) is 7.15. The molecule has 106 valence electrons. The Bertz CT molecular complexity index is 242. The summed E-state index contributed by atoms with van der Waals surface area (Å²) < 4.78 is 5.15. The van der Waals surface area contributed by atoms with E-state index in [0.717, 1.165) is 32.1 Å². The molecule has 0 heterocycles. The van der Waals surface area contributed by atoms with Crippen LogP contribution in [0.5, 0.6) is 0 Å². The number of ether oxygens (including phenoxy) is 1. The van der Waals surface area contributed by atoms with Gasteiger partial charge in [-0.2, -0.15) is 0 Å². The number of methoxy groups -OCH3 is 1. The third kappa shape index (κ3) is 4.25. The van der Waals surface area contributed by atoms with Crippen LogP contribution in [0.4, 0.5) is 0 Å². The first-order chi connectivity index (χ1) is 8.60. The zero-order valence-corrected chi connectivity index (χ0v) is 11.9. The first kappa shape index (κ1) is 15.4. The number of carbonyl (C=O) groups excluding carboxylic acids is 1. The van der Waals surface area contributed by atoms with Crippen molar-refractivity contribution in [1.82, 2.24) is 5.32 Å². The van der Waals surface area contributed by atoms with Crippen molar-refractivity contribution in [3.8, 4) is 0 Å². The lowest BCUT2D eigenvalue weighted by Crippen LogP contribution is -2.50. The second-order valence-electron chi connectivity index (χ2n) is 5.55. The van der Waals surface area contributed by atoms with Gasteiger partial charge < -0.3 is 15.8 Å². The molecule has 4 heteroatoms. The minimum Gasteiger partial charge on any atom is -0.383 e. The van der Waals surface area contributed by atoms with Gasteiger partial charge in [0.15, 0.2) is 0 Å². The van der Waals surface area contributed by atoms with E-state index in [1.54, 1.807) is 7.11 Å². The molecule has 1 aliphatic rings. The van der Waals surface area contributed by atoms with Gasteiger partial charge in [-0.3, -0.25) is 4.79 Å². The molecule has 0 spiro atoms. The summed E-state index contributed by atoms with van der Waals surface area (Å²) in [4.78, 5) is 12.3. The molecule has 1 rings (SSSR count). The standard InChI is InChI=1S/C14H28N2O2/c1-4-6-11(9-18-3)16-14(17)13-10(2)7-5-8-12(13)15/h10-13H,4-9,15H2,1-3H3,(H,16,17). The molecule has 18 heavy (non-hydrogen) atoms. The number of carbonyl (C=O) groups is 1. The predicted molar refractivity (Wildman–Crippen MR) is 73.2 cm³/mol. The zero-order valence-electron chi connectivity index (χ0n) is 11.9. The number of amides is 1. The smallest absolute Gasteiger partial charge is 0.225 e. The van der Waals surface area contributed by atoms with Gasteiger partial charge in [-0.15, -0.1) is 0 Å². The van der Waals surface area contributed by atoms with Crippen molar-refractivity contribution in [2.45, 2.75) is 58.0 Å². The molecular formula is C14H28N2O2. The van der Waals surface area contributed by atoms with Gasteiger partial charge in [-0.1, -0.05) is 26.7 Å². The largest absolute Gasteiger partial charge is 0.383 e. The van der Waals surface area contributed by atoms with Crippen LogP contribution in [0, 0.1) is 11.8 Å². The monoisotopic (exact) mass is 256 g/mol. The molecule has 0 saturated heterocycles. The van der Waals surface area contributed by atoms with E-state index < -0.39 is 0 Å². The lowest BCUT2D eigenvalue weighted by atomic mass is 9.76. The Morgan fingerprint density at radius 1 is 1.50 bits per heavy atom. The third-order valence-corrected chi connectivity index (χ3v) is 3.93. The molecule has 0 radical (unpaired) electrons. The summed E-state index contributed by atoms with van der Waals surface area (Å²) in [5.74, 6) is 0.471. The molecule has 4 unspecified atom stereocenters. The highest BCUT2D eigenvalue weighted by molar-refractivity contribution is 5.80. The van der Waals surface area contributed by atoms with Crippen molar-refractivity contribution in [2.75, 3.05) is 13.7 Å². The maximum atomic E-state index is 12.3. The highest BCUT2D eigenvalue weighted by Gasteiger charge is 2.34. The van der Waals surface area contributed by atoms with Crippen LogP contribution in [0.1, 0.15) is 46.0 Å². The molecule has 0 aromatic heterocycles. The van der Waals surface area contributed by atoms with Crippen LogP contribution in [0.3, 0.4) is 0 Å². The molecule has 0 aliphatic heterocycles. The van der Waals surface area contributed by atoms with Gasteiger partial charge in [0.2, 0.25) is 5.91 Å². The summed E-state index contributed by atoms with van der Waals surface area (Å²) in [5, 5.41) is 3.11. The third-order valence-electron chi connectivity index (χ3n) is 3.93. The van der Waals surface area contributed by atoms with Gasteiger partial charge >= 0.3 is 0 Å². The van der Waals surface area contributed by atoms with E-state index in [9.17, 15) is 4.79 Å². The number of nitrogens with two attached hydrogens (primary N) is 1. The van der Waals surface area contributed by atoms with Crippen LogP contribution in [-0.2, 0) is 9.53 Å². The number of hydrogen-bond donors (Lipinski definition) is 2. The van der Waals surface area contributed by atoms with E-state index in [0.29, 0.717) is 12.5 Å². The maximum absolute atomic E-state index is 12.3. The van der Waals surface area contributed by atoms with Crippen molar-refractivity contribution in [1.29, 1.82) is 0 Å². The van der Waals surface area contributed by atoms with E-state index in [4.69, 9.17) is 10.5 Å². The molecule has 0 aromatic rings. The first-order valence-electron chi connectivity index (χ1n) is 7.15. The molecule has 1 saturated carbocycles. The van der Waals surface area contributed by atoms with E-state index >= 15 is 0 Å². The molecule has 4 atom stereocenters. The summed E-state index contributed by atoms with van der Waals surface area (Å²) >= 11 is 0. The molecule has 3 N–H and O–H groups in total. The molecular weight excluding hydrogens is 228 g/mol. The van der Waals surface area contributed by atoms with Crippen LogP contribution >= 0.6 is 0 Å². The second kappa shape index (κ2) is 7.74. The van der Waals surface area contributed by atoms with E-state index in [2.05, 4.69) is 19.2 Å². The Morgan fingerprint density at radius 3 is 2.78 bits per heavy atom. The Balaban J connectivity index is 2.55. The average molecular weight is 256 g/mol. The van der Waals surface area contributed by atoms with E-state index in [1.807, 2.05) is 0 Å². The number of hydrogen-bond acceptors (Lipinski definition) is 3. The highest BCUT2D eigenvalue weighted by atomic mass is 16.5. The topological polar surface area (TPSA) is 64.3 Å². The molecule has 0 aromatic carbocycles. The number of nitrogens with one attached hydrogen (secondary N) is 1. The fourth-order valence-electron chi connectivity index (χ4n) is 2.95. The quantitative estimate of drug-likeness (QED) is 0.760. The molecule has 4 nitrogen and oxygen atoms in total. The lowest BCUT2D eigenvalue weighted by Gasteiger charge is -2.34. The van der Waals surface area contributed by atoms with Crippen LogP contribution < -0.4 is 11.1 Å². The van der Waals surface area contributed by atoms with Gasteiger partial charge in [0.05, 0.1) is 18.6 Å². The zero-order chi connectivity index (χ0) is 13.5. The highest BCUT2D eigenvalue weighted by Crippen LogP contribution is 2.29. The van der Waals surface area contributed by atoms with Gasteiger partial charge in [0.25, 0.3) is 0 Å². The summed E-state index contributed by atoms with van der Waals surface area (Å²) in [6, 6.07) is 0.132. The van der Waals surface area contributed by atoms with Crippen LogP contribution in [0.25, 0.3) is 0 Å². The summed E-state index contributed by atoms with van der Waals surface area (Å²) in [6.45, 7) is 4.83. The molecule has 1 amide bonds. The fourth-order valence-corrected chi connectivity index (χ4v) is 2.95. The van der Waals surface area contributed by atoms with Crippen molar-refractivity contribution >= 4 is 5.91 Å². The average Bonchev–Trinajstić information content (AvgIpc) is 2.29. The summed E-state index contributed by atoms with van der Waals surface area (Å²) in [6.07, 6.45) is 5.21. The maximum Gasteiger partial charge on any atom is 0.225 e. The SMILES string of the molecule is CCCC(COC)NC(=O)C1C(C)CCCC1N. The Labute approximate surface area is 111 Å². The van der Waals surface area contributed by atoms with Crippen LogP contribution in [0.2, 0.25) is 0 Å². The summed E-state index contributed by atoms with van der Waals surface area (Å²) in [5.41, 5.74) is 6.10. The van der Waals surface area contributed by atoms with Gasteiger partial charge in [-0.05, 0) is 25.2 Å². The Hall–Kier alpha value is -0.610. The molecule has 0 bridgehead atoms. The Kier molecular flexibility index (Phi) is 6.65. The molecule has 1 fully saturated rings. The van der Waals surface area contributed by atoms with Crippen LogP contribution in [-0.4, -0.2) is 31.7 Å². The minimum atomic E-state index is -0.0324. The van der Waals surface area contributed by atoms with Crippen molar-refractivity contribution in [2.24, 2.45) is 17.6 Å². The van der Waals surface area contributed by atoms with Crippen molar-refractivity contribution in [3.05, 3.63) is 0 Å². The second-order valence-corrected chi connectivity index (χ2v) is 5.55.